The predicted molar refractivity (Wildman–Crippen MR) is 54.4 cm³/mol. The van der Waals surface area contributed by atoms with Gasteiger partial charge in [-0.1, -0.05) is 0 Å². The average molecular weight is 206 g/mol. The molecule has 1 aromatic rings. The zero-order chi connectivity index (χ0) is 11.3. The molecule has 0 bridgehead atoms. The van der Waals surface area contributed by atoms with Crippen LogP contribution in [0.1, 0.15) is 5.56 Å². The fourth-order valence-corrected chi connectivity index (χ4v) is 0.916. The number of aliphatic carboxylic acids is 1. The SMILES string of the molecule is Cc1ccncc1NC(=O)/C=C\C(=O)O. The van der Waals surface area contributed by atoms with Crippen molar-refractivity contribution >= 4 is 17.6 Å². The first-order valence-corrected chi connectivity index (χ1v) is 4.22. The van der Waals surface area contributed by atoms with Crippen molar-refractivity contribution in [1.82, 2.24) is 4.98 Å². The van der Waals surface area contributed by atoms with Crippen molar-refractivity contribution < 1.29 is 14.7 Å². The Hall–Kier alpha value is -2.17. The Morgan fingerprint density at radius 3 is 2.80 bits per heavy atom. The Labute approximate surface area is 86.5 Å². The smallest absolute Gasteiger partial charge is 0.328 e. The molecule has 0 fully saturated rings. The van der Waals surface area contributed by atoms with Crippen molar-refractivity contribution in [2.75, 3.05) is 5.32 Å². The van der Waals surface area contributed by atoms with Gasteiger partial charge in [-0.05, 0) is 18.6 Å². The summed E-state index contributed by atoms with van der Waals surface area (Å²) < 4.78 is 0. The van der Waals surface area contributed by atoms with Gasteiger partial charge in [0.15, 0.2) is 0 Å². The Balaban J connectivity index is 2.67. The summed E-state index contributed by atoms with van der Waals surface area (Å²) in [5.41, 5.74) is 1.43. The lowest BCUT2D eigenvalue weighted by Crippen LogP contribution is -2.09. The highest BCUT2D eigenvalue weighted by atomic mass is 16.4. The molecule has 78 valence electrons. The van der Waals surface area contributed by atoms with Crippen molar-refractivity contribution in [3.63, 3.8) is 0 Å². The molecule has 0 radical (unpaired) electrons. The van der Waals surface area contributed by atoms with E-state index >= 15 is 0 Å². The third kappa shape index (κ3) is 3.60. The molecular weight excluding hydrogens is 196 g/mol. The van der Waals surface area contributed by atoms with Crippen LogP contribution in [0.3, 0.4) is 0 Å². The van der Waals surface area contributed by atoms with Gasteiger partial charge in [0.25, 0.3) is 0 Å². The number of rotatable bonds is 3. The van der Waals surface area contributed by atoms with Crippen LogP contribution in [0.25, 0.3) is 0 Å². The van der Waals surface area contributed by atoms with Gasteiger partial charge in [-0.25, -0.2) is 4.79 Å². The van der Waals surface area contributed by atoms with Crippen LogP contribution in [0, 0.1) is 6.92 Å². The van der Waals surface area contributed by atoms with Crippen molar-refractivity contribution in [3.8, 4) is 0 Å². The number of hydrogen-bond acceptors (Lipinski definition) is 3. The Morgan fingerprint density at radius 2 is 2.20 bits per heavy atom. The summed E-state index contributed by atoms with van der Waals surface area (Å²) in [4.78, 5) is 25.2. The van der Waals surface area contributed by atoms with Crippen LogP contribution in [0.4, 0.5) is 5.69 Å². The van der Waals surface area contributed by atoms with Gasteiger partial charge in [-0.3, -0.25) is 9.78 Å². The molecule has 5 heteroatoms. The molecular formula is C10H10N2O3. The molecule has 1 aromatic heterocycles. The molecule has 0 aliphatic rings. The standard InChI is InChI=1S/C10H10N2O3/c1-7-4-5-11-6-8(7)12-9(13)2-3-10(14)15/h2-6H,1H3,(H,12,13)(H,14,15)/b3-2-. The molecule has 0 saturated heterocycles. The molecule has 0 spiro atoms. The van der Waals surface area contributed by atoms with E-state index < -0.39 is 11.9 Å². The maximum absolute atomic E-state index is 11.2. The summed E-state index contributed by atoms with van der Waals surface area (Å²) in [5, 5.41) is 10.8. The van der Waals surface area contributed by atoms with E-state index in [1.165, 1.54) is 6.20 Å². The zero-order valence-electron chi connectivity index (χ0n) is 8.10. The highest BCUT2D eigenvalue weighted by molar-refractivity contribution is 6.02. The first kappa shape index (κ1) is 10.9. The van der Waals surface area contributed by atoms with Crippen molar-refractivity contribution in [3.05, 3.63) is 36.2 Å². The summed E-state index contributed by atoms with van der Waals surface area (Å²) in [6.45, 7) is 1.82. The number of amides is 1. The van der Waals surface area contributed by atoms with E-state index in [2.05, 4.69) is 10.3 Å². The van der Waals surface area contributed by atoms with Crippen molar-refractivity contribution in [2.24, 2.45) is 0 Å². The third-order valence-electron chi connectivity index (χ3n) is 1.67. The van der Waals surface area contributed by atoms with Gasteiger partial charge >= 0.3 is 5.97 Å². The molecule has 1 rings (SSSR count). The van der Waals surface area contributed by atoms with Crippen LogP contribution in [0.15, 0.2) is 30.6 Å². The minimum atomic E-state index is -1.16. The summed E-state index contributed by atoms with van der Waals surface area (Å²) in [6, 6.07) is 1.75. The largest absolute Gasteiger partial charge is 0.478 e. The Bertz CT molecular complexity index is 413. The predicted octanol–water partition coefficient (Wildman–Crippen LogP) is 0.969. The normalized spacial score (nSPS) is 10.2. The van der Waals surface area contributed by atoms with E-state index in [9.17, 15) is 9.59 Å². The van der Waals surface area contributed by atoms with Crippen LogP contribution in [-0.4, -0.2) is 22.0 Å². The van der Waals surface area contributed by atoms with Gasteiger partial charge in [0.1, 0.15) is 0 Å². The molecule has 1 heterocycles. The van der Waals surface area contributed by atoms with E-state index in [-0.39, 0.29) is 0 Å². The zero-order valence-corrected chi connectivity index (χ0v) is 8.10. The van der Waals surface area contributed by atoms with Gasteiger partial charge in [0.2, 0.25) is 5.91 Å². The fourth-order valence-electron chi connectivity index (χ4n) is 0.916. The summed E-state index contributed by atoms with van der Waals surface area (Å²) >= 11 is 0. The monoisotopic (exact) mass is 206 g/mol. The number of hydrogen-bond donors (Lipinski definition) is 2. The van der Waals surface area contributed by atoms with Gasteiger partial charge in [0.05, 0.1) is 11.9 Å². The van der Waals surface area contributed by atoms with Gasteiger partial charge in [-0.2, -0.15) is 0 Å². The number of nitrogens with one attached hydrogen (secondary N) is 1. The number of carbonyl (C=O) groups excluding carboxylic acids is 1. The van der Waals surface area contributed by atoms with Crippen molar-refractivity contribution in [2.45, 2.75) is 6.92 Å². The number of carboxylic acid groups (broad SMARTS) is 1. The molecule has 0 atom stereocenters. The third-order valence-corrected chi connectivity index (χ3v) is 1.67. The summed E-state index contributed by atoms with van der Waals surface area (Å²) in [6.07, 6.45) is 4.84. The quantitative estimate of drug-likeness (QED) is 0.722. The molecule has 0 saturated carbocycles. The second-order valence-electron chi connectivity index (χ2n) is 2.85. The Kier molecular flexibility index (Phi) is 3.56. The van der Waals surface area contributed by atoms with Gasteiger partial charge in [0, 0.05) is 18.3 Å². The lowest BCUT2D eigenvalue weighted by molar-refractivity contribution is -0.131. The highest BCUT2D eigenvalue weighted by Crippen LogP contribution is 2.10. The highest BCUT2D eigenvalue weighted by Gasteiger charge is 2.01. The van der Waals surface area contributed by atoms with Crippen LogP contribution in [-0.2, 0) is 9.59 Å². The molecule has 2 N–H and O–H groups in total. The minimum absolute atomic E-state index is 0.492. The molecule has 0 aromatic carbocycles. The number of anilines is 1. The molecule has 0 unspecified atom stereocenters. The van der Waals surface area contributed by atoms with E-state index in [1.807, 2.05) is 6.92 Å². The first-order chi connectivity index (χ1) is 7.09. The summed E-state index contributed by atoms with van der Waals surface area (Å²) in [7, 11) is 0. The maximum atomic E-state index is 11.2. The molecule has 0 aliphatic carbocycles. The number of nitrogens with zero attached hydrogens (tertiary/aromatic N) is 1. The molecule has 0 aliphatic heterocycles. The first-order valence-electron chi connectivity index (χ1n) is 4.22. The summed E-state index contributed by atoms with van der Waals surface area (Å²) in [5.74, 6) is -1.65. The lowest BCUT2D eigenvalue weighted by Gasteiger charge is -2.03. The van der Waals surface area contributed by atoms with E-state index in [1.54, 1.807) is 12.3 Å². The Morgan fingerprint density at radius 1 is 1.47 bits per heavy atom. The van der Waals surface area contributed by atoms with Crippen molar-refractivity contribution in [1.29, 1.82) is 0 Å². The average Bonchev–Trinajstić information content (AvgIpc) is 2.18. The van der Waals surface area contributed by atoms with Crippen LogP contribution in [0.5, 0.6) is 0 Å². The van der Waals surface area contributed by atoms with Crippen LogP contribution < -0.4 is 5.32 Å². The number of aromatic nitrogens is 1. The number of aryl methyl sites for hydroxylation is 1. The number of pyridine rings is 1. The second-order valence-corrected chi connectivity index (χ2v) is 2.85. The lowest BCUT2D eigenvalue weighted by atomic mass is 10.2. The topological polar surface area (TPSA) is 79.3 Å². The number of carboxylic acids is 1. The van der Waals surface area contributed by atoms with E-state index in [4.69, 9.17) is 5.11 Å². The fraction of sp³-hybridized carbons (Fsp3) is 0.100. The molecule has 15 heavy (non-hydrogen) atoms. The molecule has 1 amide bonds. The second kappa shape index (κ2) is 4.90. The maximum Gasteiger partial charge on any atom is 0.328 e. The van der Waals surface area contributed by atoms with Gasteiger partial charge in [-0.15, -0.1) is 0 Å². The van der Waals surface area contributed by atoms with E-state index in [0.717, 1.165) is 17.7 Å². The van der Waals surface area contributed by atoms with Crippen LogP contribution in [0.2, 0.25) is 0 Å². The number of carbonyl (C=O) groups is 2. The minimum Gasteiger partial charge on any atom is -0.478 e. The van der Waals surface area contributed by atoms with Gasteiger partial charge < -0.3 is 10.4 Å². The van der Waals surface area contributed by atoms with Crippen LogP contribution >= 0.6 is 0 Å². The molecule has 5 nitrogen and oxygen atoms in total. The van der Waals surface area contributed by atoms with E-state index in [0.29, 0.717) is 5.69 Å².